The number of likely N-dealkylation sites (N-methyl/N-ethyl adjacent to an activating group) is 1. The SMILES string of the molecule is Cc1ccc(C)c(C(C(=O)Nc2c(C)cccc2C)N(C)C(=O)C(CCC(N)=O)NC(=O)OC(C)(C)C)c1. The number of primary amides is 1. The Kier molecular flexibility index (Phi) is 10.0. The second-order valence-corrected chi connectivity index (χ2v) is 10.7. The van der Waals surface area contributed by atoms with Gasteiger partial charge < -0.3 is 26.0 Å². The van der Waals surface area contributed by atoms with Crippen LogP contribution in [0.5, 0.6) is 0 Å². The van der Waals surface area contributed by atoms with Crippen molar-refractivity contribution in [2.75, 3.05) is 12.4 Å². The molecule has 2 atom stereocenters. The molecule has 4 amide bonds. The Morgan fingerprint density at radius 1 is 0.974 bits per heavy atom. The van der Waals surface area contributed by atoms with E-state index in [0.29, 0.717) is 11.3 Å². The van der Waals surface area contributed by atoms with Crippen molar-refractivity contribution in [3.05, 3.63) is 64.2 Å². The maximum absolute atomic E-state index is 13.8. The van der Waals surface area contributed by atoms with Crippen molar-refractivity contribution < 1.29 is 23.9 Å². The average Bonchev–Trinajstić information content (AvgIpc) is 2.79. The van der Waals surface area contributed by atoms with Crippen molar-refractivity contribution in [1.82, 2.24) is 10.2 Å². The zero-order valence-corrected chi connectivity index (χ0v) is 23.6. The maximum atomic E-state index is 13.8. The predicted octanol–water partition coefficient (Wildman–Crippen LogP) is 4.22. The van der Waals surface area contributed by atoms with Crippen LogP contribution in [0.15, 0.2) is 36.4 Å². The number of nitrogens with zero attached hydrogens (tertiary/aromatic N) is 1. The molecule has 4 N–H and O–H groups in total. The molecule has 38 heavy (non-hydrogen) atoms. The number of alkyl carbamates (subject to hydrolysis) is 1. The van der Waals surface area contributed by atoms with E-state index in [1.807, 2.05) is 64.1 Å². The monoisotopic (exact) mass is 524 g/mol. The van der Waals surface area contributed by atoms with Gasteiger partial charge in [0, 0.05) is 19.2 Å². The summed E-state index contributed by atoms with van der Waals surface area (Å²) in [6.45, 7) is 12.7. The van der Waals surface area contributed by atoms with Gasteiger partial charge in [-0.3, -0.25) is 14.4 Å². The molecule has 0 aliphatic carbocycles. The number of nitrogens with one attached hydrogen (secondary N) is 2. The first-order valence-corrected chi connectivity index (χ1v) is 12.6. The van der Waals surface area contributed by atoms with Crippen LogP contribution < -0.4 is 16.4 Å². The minimum Gasteiger partial charge on any atom is -0.444 e. The molecule has 0 fully saturated rings. The number of carbonyl (C=O) groups excluding carboxylic acids is 4. The Balaban J connectivity index is 2.49. The van der Waals surface area contributed by atoms with Crippen molar-refractivity contribution >= 4 is 29.5 Å². The lowest BCUT2D eigenvalue weighted by Crippen LogP contribution is -2.51. The highest BCUT2D eigenvalue weighted by molar-refractivity contribution is 6.00. The molecule has 2 aromatic rings. The third kappa shape index (κ3) is 8.33. The summed E-state index contributed by atoms with van der Waals surface area (Å²) in [4.78, 5) is 53.0. The molecule has 0 aliphatic rings. The average molecular weight is 525 g/mol. The fourth-order valence-electron chi connectivity index (χ4n) is 4.15. The normalized spacial score (nSPS) is 12.7. The van der Waals surface area contributed by atoms with Gasteiger partial charge in [0.25, 0.3) is 5.91 Å². The summed E-state index contributed by atoms with van der Waals surface area (Å²) in [5, 5.41) is 5.56. The zero-order chi connectivity index (χ0) is 28.8. The molecule has 2 unspecified atom stereocenters. The maximum Gasteiger partial charge on any atom is 0.408 e. The number of carbonyl (C=O) groups is 4. The van der Waals surface area contributed by atoms with E-state index < -0.39 is 41.5 Å². The largest absolute Gasteiger partial charge is 0.444 e. The van der Waals surface area contributed by atoms with Gasteiger partial charge in [0.1, 0.15) is 17.7 Å². The van der Waals surface area contributed by atoms with Crippen molar-refractivity contribution in [3.63, 3.8) is 0 Å². The fourth-order valence-corrected chi connectivity index (χ4v) is 4.15. The summed E-state index contributed by atoms with van der Waals surface area (Å²) in [6, 6.07) is 9.25. The number of amides is 4. The highest BCUT2D eigenvalue weighted by atomic mass is 16.6. The fraction of sp³-hybridized carbons (Fsp3) is 0.448. The first-order chi connectivity index (χ1) is 17.6. The zero-order valence-electron chi connectivity index (χ0n) is 23.6. The molecule has 0 aliphatic heterocycles. The number of rotatable bonds is 9. The smallest absolute Gasteiger partial charge is 0.408 e. The van der Waals surface area contributed by atoms with Gasteiger partial charge in [-0.1, -0.05) is 42.0 Å². The Hall–Kier alpha value is -3.88. The second kappa shape index (κ2) is 12.6. The molecule has 0 heterocycles. The van der Waals surface area contributed by atoms with E-state index in [1.54, 1.807) is 20.8 Å². The summed E-state index contributed by atoms with van der Waals surface area (Å²) in [7, 11) is 1.51. The van der Waals surface area contributed by atoms with E-state index in [-0.39, 0.29) is 12.8 Å². The van der Waals surface area contributed by atoms with Crippen LogP contribution in [-0.4, -0.2) is 47.4 Å². The molecule has 9 nitrogen and oxygen atoms in total. The van der Waals surface area contributed by atoms with Crippen LogP contribution in [0.2, 0.25) is 0 Å². The third-order valence-corrected chi connectivity index (χ3v) is 6.11. The number of benzene rings is 2. The number of ether oxygens (including phenoxy) is 1. The van der Waals surface area contributed by atoms with Gasteiger partial charge in [-0.05, 0) is 77.1 Å². The molecule has 0 radical (unpaired) electrons. The van der Waals surface area contributed by atoms with Crippen LogP contribution in [-0.2, 0) is 19.1 Å². The minimum atomic E-state index is -1.14. The van der Waals surface area contributed by atoms with Gasteiger partial charge in [-0.25, -0.2) is 4.79 Å². The molecule has 0 saturated carbocycles. The molecule has 0 aromatic heterocycles. The van der Waals surface area contributed by atoms with E-state index in [1.165, 1.54) is 11.9 Å². The lowest BCUT2D eigenvalue weighted by atomic mass is 9.96. The highest BCUT2D eigenvalue weighted by Gasteiger charge is 2.35. The van der Waals surface area contributed by atoms with Gasteiger partial charge in [0.2, 0.25) is 11.8 Å². The number of hydrogen-bond donors (Lipinski definition) is 3. The summed E-state index contributed by atoms with van der Waals surface area (Å²) < 4.78 is 5.32. The predicted molar refractivity (Wildman–Crippen MR) is 148 cm³/mol. The van der Waals surface area contributed by atoms with Gasteiger partial charge in [-0.2, -0.15) is 0 Å². The van der Waals surface area contributed by atoms with Crippen LogP contribution in [0, 0.1) is 27.7 Å². The second-order valence-electron chi connectivity index (χ2n) is 10.7. The molecular weight excluding hydrogens is 484 g/mol. The minimum absolute atomic E-state index is 0.0458. The molecule has 206 valence electrons. The third-order valence-electron chi connectivity index (χ3n) is 6.11. The number of nitrogens with two attached hydrogens (primary N) is 1. The van der Waals surface area contributed by atoms with E-state index in [0.717, 1.165) is 22.3 Å². The van der Waals surface area contributed by atoms with Crippen molar-refractivity contribution in [1.29, 1.82) is 0 Å². The van der Waals surface area contributed by atoms with Gasteiger partial charge >= 0.3 is 6.09 Å². The van der Waals surface area contributed by atoms with Gasteiger partial charge in [0.05, 0.1) is 0 Å². The molecular formula is C29H40N4O5. The quantitative estimate of drug-likeness (QED) is 0.452. The van der Waals surface area contributed by atoms with Gasteiger partial charge in [0.15, 0.2) is 0 Å². The lowest BCUT2D eigenvalue weighted by Gasteiger charge is -2.32. The first kappa shape index (κ1) is 30.3. The molecule has 0 bridgehead atoms. The highest BCUT2D eigenvalue weighted by Crippen LogP contribution is 2.29. The van der Waals surface area contributed by atoms with E-state index in [4.69, 9.17) is 10.5 Å². The molecule has 2 rings (SSSR count). The molecule has 0 saturated heterocycles. The number of para-hydroxylation sites is 1. The summed E-state index contributed by atoms with van der Waals surface area (Å²) >= 11 is 0. The number of hydrogen-bond acceptors (Lipinski definition) is 5. The summed E-state index contributed by atoms with van der Waals surface area (Å²) in [5.74, 6) is -1.58. The standard InChI is InChI=1S/C29H40N4O5/c1-17-12-13-18(2)21(16-17)25(26(35)32-24-19(3)10-9-11-20(24)4)33(8)27(36)22(14-15-23(30)34)31-28(37)38-29(5,6)7/h9-13,16,22,25H,14-15H2,1-8H3,(H2,30,34)(H,31,37)(H,32,35). The first-order valence-electron chi connectivity index (χ1n) is 12.6. The van der Waals surface area contributed by atoms with E-state index in [2.05, 4.69) is 10.6 Å². The Morgan fingerprint density at radius 2 is 1.58 bits per heavy atom. The summed E-state index contributed by atoms with van der Waals surface area (Å²) in [6.07, 6.45) is -0.990. The Morgan fingerprint density at radius 3 is 2.13 bits per heavy atom. The van der Waals surface area contributed by atoms with Crippen LogP contribution in [0.3, 0.4) is 0 Å². The lowest BCUT2D eigenvalue weighted by molar-refractivity contribution is -0.139. The molecule has 2 aromatic carbocycles. The molecule has 9 heteroatoms. The van der Waals surface area contributed by atoms with Crippen molar-refractivity contribution in [2.45, 2.75) is 79.0 Å². The van der Waals surface area contributed by atoms with Crippen LogP contribution in [0.1, 0.15) is 67.5 Å². The van der Waals surface area contributed by atoms with Crippen LogP contribution in [0.25, 0.3) is 0 Å². The Labute approximate surface area is 225 Å². The Bertz CT molecular complexity index is 1180. The number of aryl methyl sites for hydroxylation is 4. The topological polar surface area (TPSA) is 131 Å². The van der Waals surface area contributed by atoms with Crippen molar-refractivity contribution in [3.8, 4) is 0 Å². The van der Waals surface area contributed by atoms with Crippen LogP contribution >= 0.6 is 0 Å². The summed E-state index contributed by atoms with van der Waals surface area (Å²) in [5.41, 5.74) is 9.38. The van der Waals surface area contributed by atoms with E-state index in [9.17, 15) is 19.2 Å². The number of anilines is 1. The van der Waals surface area contributed by atoms with Crippen molar-refractivity contribution in [2.24, 2.45) is 5.73 Å². The van der Waals surface area contributed by atoms with Crippen LogP contribution in [0.4, 0.5) is 10.5 Å². The van der Waals surface area contributed by atoms with Gasteiger partial charge in [-0.15, -0.1) is 0 Å². The molecule has 0 spiro atoms. The van der Waals surface area contributed by atoms with E-state index >= 15 is 0 Å².